The van der Waals surface area contributed by atoms with E-state index in [1.165, 1.54) is 19.3 Å². The highest BCUT2D eigenvalue weighted by atomic mass is 16.5. The fourth-order valence-corrected chi connectivity index (χ4v) is 4.07. The van der Waals surface area contributed by atoms with Crippen LogP contribution >= 0.6 is 0 Å². The molecule has 0 aromatic heterocycles. The van der Waals surface area contributed by atoms with Crippen molar-refractivity contribution in [2.45, 2.75) is 19.3 Å². The monoisotopic (exact) mass is 439 g/mol. The van der Waals surface area contributed by atoms with Gasteiger partial charge in [-0.25, -0.2) is 0 Å². The maximum absolute atomic E-state index is 12.8. The molecule has 7 heteroatoms. The Hall–Kier alpha value is -3.19. The van der Waals surface area contributed by atoms with E-state index in [9.17, 15) is 4.79 Å². The van der Waals surface area contributed by atoms with E-state index in [1.807, 2.05) is 6.07 Å². The van der Waals surface area contributed by atoms with Crippen LogP contribution in [0.1, 0.15) is 35.2 Å². The first-order valence-corrected chi connectivity index (χ1v) is 10.9. The standard InChI is InChI=1S/C25H29NO6/c1-28-22-14-17(15-23(29-2)25(22)30-3)13-21-24(27)19-8-7-18(16-20(19)32-21)31-12-11-26-9-5-4-6-10-26/h7-8,13-16H,4-6,9-12H2,1-3H3/b21-13+. The van der Waals surface area contributed by atoms with Crippen molar-refractivity contribution in [3.05, 3.63) is 47.2 Å². The van der Waals surface area contributed by atoms with E-state index in [0.29, 0.717) is 46.5 Å². The molecule has 0 aliphatic carbocycles. The summed E-state index contributed by atoms with van der Waals surface area (Å²) in [5, 5.41) is 0. The lowest BCUT2D eigenvalue weighted by atomic mass is 10.1. The summed E-state index contributed by atoms with van der Waals surface area (Å²) in [4.78, 5) is 15.3. The molecule has 0 N–H and O–H groups in total. The summed E-state index contributed by atoms with van der Waals surface area (Å²) in [6, 6.07) is 8.88. The van der Waals surface area contributed by atoms with Gasteiger partial charge < -0.3 is 23.7 Å². The zero-order chi connectivity index (χ0) is 22.5. The highest BCUT2D eigenvalue weighted by Crippen LogP contribution is 2.40. The molecule has 2 aromatic carbocycles. The molecular weight excluding hydrogens is 410 g/mol. The van der Waals surface area contributed by atoms with Crippen LogP contribution in [0.5, 0.6) is 28.7 Å². The van der Waals surface area contributed by atoms with Gasteiger partial charge in [-0.1, -0.05) is 6.42 Å². The number of likely N-dealkylation sites (tertiary alicyclic amines) is 1. The summed E-state index contributed by atoms with van der Waals surface area (Å²) in [5.74, 6) is 2.77. The van der Waals surface area contributed by atoms with E-state index in [4.69, 9.17) is 23.7 Å². The van der Waals surface area contributed by atoms with Crippen molar-refractivity contribution in [3.63, 3.8) is 0 Å². The molecule has 4 rings (SSSR count). The molecule has 0 atom stereocenters. The van der Waals surface area contributed by atoms with Crippen LogP contribution in [0.3, 0.4) is 0 Å². The van der Waals surface area contributed by atoms with Crippen LogP contribution in [0, 0.1) is 0 Å². The minimum atomic E-state index is -0.173. The number of Topliss-reactive ketones (excluding diaryl/α,β-unsaturated/α-hetero) is 1. The highest BCUT2D eigenvalue weighted by molar-refractivity contribution is 6.14. The molecule has 0 unspecified atom stereocenters. The van der Waals surface area contributed by atoms with Gasteiger partial charge in [0.25, 0.3) is 0 Å². The minimum Gasteiger partial charge on any atom is -0.493 e. The summed E-state index contributed by atoms with van der Waals surface area (Å²) < 4.78 is 27.9. The number of piperidine rings is 1. The second kappa shape index (κ2) is 9.96. The smallest absolute Gasteiger partial charge is 0.231 e. The van der Waals surface area contributed by atoms with Crippen molar-refractivity contribution < 1.29 is 28.5 Å². The largest absolute Gasteiger partial charge is 0.493 e. The quantitative estimate of drug-likeness (QED) is 0.571. The first-order chi connectivity index (χ1) is 15.6. The van der Waals surface area contributed by atoms with E-state index in [-0.39, 0.29) is 11.5 Å². The van der Waals surface area contributed by atoms with Gasteiger partial charge >= 0.3 is 0 Å². The number of ketones is 1. The van der Waals surface area contributed by atoms with Gasteiger partial charge in [0, 0.05) is 12.6 Å². The molecule has 0 bridgehead atoms. The molecule has 2 aromatic rings. The summed E-state index contributed by atoms with van der Waals surface area (Å²) in [6.45, 7) is 3.80. The second-order valence-corrected chi connectivity index (χ2v) is 7.81. The van der Waals surface area contributed by atoms with E-state index < -0.39 is 0 Å². The zero-order valence-corrected chi connectivity index (χ0v) is 18.8. The summed E-state index contributed by atoms with van der Waals surface area (Å²) in [6.07, 6.45) is 5.51. The number of benzene rings is 2. The van der Waals surface area contributed by atoms with Crippen molar-refractivity contribution in [2.75, 3.05) is 47.6 Å². The Bertz CT molecular complexity index is 984. The number of fused-ring (bicyclic) bond motifs is 1. The number of ether oxygens (including phenoxy) is 5. The normalized spacial score (nSPS) is 17.1. The third-order valence-corrected chi connectivity index (χ3v) is 5.75. The molecule has 2 aliphatic rings. The molecule has 1 fully saturated rings. The molecule has 0 saturated carbocycles. The van der Waals surface area contributed by atoms with Crippen LogP contribution in [0.2, 0.25) is 0 Å². The van der Waals surface area contributed by atoms with Crippen molar-refractivity contribution >= 4 is 11.9 Å². The summed E-state index contributed by atoms with van der Waals surface area (Å²) >= 11 is 0. The fourth-order valence-electron chi connectivity index (χ4n) is 4.07. The first-order valence-electron chi connectivity index (χ1n) is 10.9. The summed E-state index contributed by atoms with van der Waals surface area (Å²) in [7, 11) is 4.65. The van der Waals surface area contributed by atoms with Gasteiger partial charge in [0.1, 0.15) is 18.1 Å². The average molecular weight is 440 g/mol. The average Bonchev–Trinajstić information content (AvgIpc) is 3.13. The van der Waals surface area contributed by atoms with E-state index in [0.717, 1.165) is 19.6 Å². The van der Waals surface area contributed by atoms with Gasteiger partial charge in [-0.2, -0.15) is 0 Å². The third-order valence-electron chi connectivity index (χ3n) is 5.75. The Morgan fingerprint density at radius 3 is 2.34 bits per heavy atom. The molecular formula is C25H29NO6. The molecule has 0 radical (unpaired) electrons. The van der Waals surface area contributed by atoms with Gasteiger partial charge in [0.05, 0.1) is 26.9 Å². The van der Waals surface area contributed by atoms with Crippen molar-refractivity contribution in [1.29, 1.82) is 0 Å². The predicted octanol–water partition coefficient (Wildman–Crippen LogP) is 4.19. The number of hydrogen-bond donors (Lipinski definition) is 0. The molecule has 1 saturated heterocycles. The zero-order valence-electron chi connectivity index (χ0n) is 18.8. The molecule has 7 nitrogen and oxygen atoms in total. The van der Waals surface area contributed by atoms with Crippen LogP contribution in [-0.4, -0.2) is 58.3 Å². The van der Waals surface area contributed by atoms with Gasteiger partial charge in [0.15, 0.2) is 17.3 Å². The number of allylic oxidation sites excluding steroid dienone is 1. The molecule has 2 heterocycles. The number of carbonyl (C=O) groups is 1. The Morgan fingerprint density at radius 2 is 1.69 bits per heavy atom. The Morgan fingerprint density at radius 1 is 0.969 bits per heavy atom. The second-order valence-electron chi connectivity index (χ2n) is 7.81. The topological polar surface area (TPSA) is 66.5 Å². The maximum atomic E-state index is 12.8. The van der Waals surface area contributed by atoms with Crippen LogP contribution in [0.25, 0.3) is 6.08 Å². The number of nitrogens with zero attached hydrogens (tertiary/aromatic N) is 1. The third kappa shape index (κ3) is 4.67. The minimum absolute atomic E-state index is 0.173. The van der Waals surface area contributed by atoms with Gasteiger partial charge in [-0.05, 0) is 61.8 Å². The lowest BCUT2D eigenvalue weighted by molar-refractivity contribution is 0.101. The molecule has 0 spiro atoms. The van der Waals surface area contributed by atoms with E-state index >= 15 is 0 Å². The van der Waals surface area contributed by atoms with E-state index in [2.05, 4.69) is 4.90 Å². The highest BCUT2D eigenvalue weighted by Gasteiger charge is 2.28. The lowest BCUT2D eigenvalue weighted by Gasteiger charge is -2.26. The van der Waals surface area contributed by atoms with Gasteiger partial charge in [-0.15, -0.1) is 0 Å². The molecule has 170 valence electrons. The van der Waals surface area contributed by atoms with Crippen molar-refractivity contribution in [1.82, 2.24) is 4.90 Å². The molecule has 2 aliphatic heterocycles. The van der Waals surface area contributed by atoms with Gasteiger partial charge in [0.2, 0.25) is 11.5 Å². The fraction of sp³-hybridized carbons (Fsp3) is 0.400. The SMILES string of the molecule is COc1cc(/C=C2/Oc3cc(OCCN4CCCCC4)ccc3C2=O)cc(OC)c1OC. The van der Waals surface area contributed by atoms with Crippen LogP contribution < -0.4 is 23.7 Å². The predicted molar refractivity (Wildman–Crippen MR) is 121 cm³/mol. The molecule has 32 heavy (non-hydrogen) atoms. The van der Waals surface area contributed by atoms with Crippen LogP contribution in [0.4, 0.5) is 0 Å². The number of methoxy groups -OCH3 is 3. The number of rotatable bonds is 8. The Kier molecular flexibility index (Phi) is 6.85. The van der Waals surface area contributed by atoms with Gasteiger partial charge in [-0.3, -0.25) is 9.69 Å². The first kappa shape index (κ1) is 22.0. The Balaban J connectivity index is 1.47. The number of hydrogen-bond acceptors (Lipinski definition) is 7. The van der Waals surface area contributed by atoms with Crippen molar-refractivity contribution in [2.24, 2.45) is 0 Å². The van der Waals surface area contributed by atoms with Crippen LogP contribution in [0.15, 0.2) is 36.1 Å². The lowest BCUT2D eigenvalue weighted by Crippen LogP contribution is -2.33. The summed E-state index contributed by atoms with van der Waals surface area (Å²) in [5.41, 5.74) is 1.22. The number of carbonyl (C=O) groups excluding carboxylic acids is 1. The Labute approximate surface area is 188 Å². The van der Waals surface area contributed by atoms with Crippen molar-refractivity contribution in [3.8, 4) is 28.7 Å². The van der Waals surface area contributed by atoms with E-state index in [1.54, 1.807) is 51.7 Å². The maximum Gasteiger partial charge on any atom is 0.231 e. The molecule has 0 amide bonds. The van der Waals surface area contributed by atoms with Crippen LogP contribution in [-0.2, 0) is 0 Å².